The molecule has 2 aliphatic rings. The molecule has 1 unspecified atom stereocenters. The first-order valence-corrected chi connectivity index (χ1v) is 7.33. The van der Waals surface area contributed by atoms with Crippen molar-refractivity contribution in [1.29, 1.82) is 0 Å². The highest BCUT2D eigenvalue weighted by atomic mass is 35.5. The van der Waals surface area contributed by atoms with Crippen LogP contribution in [0.1, 0.15) is 29.0 Å². The van der Waals surface area contributed by atoms with Gasteiger partial charge in [0.15, 0.2) is 0 Å². The van der Waals surface area contributed by atoms with Crippen LogP contribution in [0.3, 0.4) is 0 Å². The van der Waals surface area contributed by atoms with Crippen LogP contribution in [0.2, 0.25) is 5.15 Å². The maximum Gasteiger partial charge on any atom is 0.420 e. The fourth-order valence-corrected chi connectivity index (χ4v) is 3.31. The van der Waals surface area contributed by atoms with Gasteiger partial charge in [-0.25, -0.2) is 9.97 Å². The first kappa shape index (κ1) is 15.5. The van der Waals surface area contributed by atoms with Gasteiger partial charge in [0, 0.05) is 25.3 Å². The lowest BCUT2D eigenvalue weighted by atomic mass is 9.97. The Bertz CT molecular complexity index is 583. The zero-order chi connectivity index (χ0) is 15.9. The second kappa shape index (κ2) is 5.66. The van der Waals surface area contributed by atoms with Gasteiger partial charge in [-0.05, 0) is 25.3 Å². The van der Waals surface area contributed by atoms with Gasteiger partial charge in [-0.3, -0.25) is 4.79 Å². The number of nitrogens with one attached hydrogen (secondary N) is 1. The zero-order valence-electron chi connectivity index (χ0n) is 11.5. The highest BCUT2D eigenvalue weighted by molar-refractivity contribution is 6.30. The van der Waals surface area contributed by atoms with Gasteiger partial charge in [-0.15, -0.1) is 0 Å². The Morgan fingerprint density at radius 1 is 1.41 bits per heavy atom. The van der Waals surface area contributed by atoms with Gasteiger partial charge in [0.2, 0.25) is 5.82 Å². The minimum Gasteiger partial charge on any atom is -0.345 e. The molecule has 120 valence electrons. The smallest absolute Gasteiger partial charge is 0.345 e. The molecule has 1 aromatic rings. The van der Waals surface area contributed by atoms with Crippen LogP contribution >= 0.6 is 11.6 Å². The number of carbonyl (C=O) groups is 1. The summed E-state index contributed by atoms with van der Waals surface area (Å²) in [5.74, 6) is -0.370. The second-order valence-corrected chi connectivity index (χ2v) is 6.07. The molecule has 2 fully saturated rings. The maximum absolute atomic E-state index is 12.6. The third-order valence-electron chi connectivity index (χ3n) is 4.05. The molecule has 2 aliphatic heterocycles. The molecule has 1 amide bonds. The molecule has 0 saturated carbocycles. The molecule has 3 atom stereocenters. The van der Waals surface area contributed by atoms with E-state index in [0.29, 0.717) is 12.1 Å². The molecule has 3 rings (SSSR count). The summed E-state index contributed by atoms with van der Waals surface area (Å²) in [5.41, 5.74) is -1.15. The molecule has 3 heterocycles. The molecule has 1 N–H and O–H groups in total. The van der Waals surface area contributed by atoms with Gasteiger partial charge in [0.1, 0.15) is 10.7 Å². The molecular weight excluding hydrogens is 321 g/mol. The third-order valence-corrected chi connectivity index (χ3v) is 4.34. The minimum absolute atomic E-state index is 0.0292. The minimum atomic E-state index is -4.64. The fraction of sp³-hybridized carbons (Fsp3) is 0.615. The van der Waals surface area contributed by atoms with Crippen molar-refractivity contribution in [3.05, 3.63) is 22.7 Å². The second-order valence-electron chi connectivity index (χ2n) is 5.72. The highest BCUT2D eigenvalue weighted by Gasteiger charge is 2.36. The lowest BCUT2D eigenvalue weighted by Gasteiger charge is -2.30. The molecule has 2 saturated heterocycles. The number of amides is 1. The topological polar surface area (TPSA) is 58.1 Å². The number of hydrogen-bond acceptors (Lipinski definition) is 4. The number of halogens is 4. The summed E-state index contributed by atoms with van der Waals surface area (Å²) < 4.78 is 37.7. The van der Waals surface area contributed by atoms with Gasteiger partial charge in [0.25, 0.3) is 5.91 Å². The number of piperidine rings is 1. The Kier molecular flexibility index (Phi) is 3.98. The quantitative estimate of drug-likeness (QED) is 0.840. The van der Waals surface area contributed by atoms with Crippen molar-refractivity contribution >= 4 is 17.5 Å². The number of nitrogens with zero attached hydrogens (tertiary/aromatic N) is 3. The summed E-state index contributed by atoms with van der Waals surface area (Å²) in [6.07, 6.45) is -2.11. The lowest BCUT2D eigenvalue weighted by Crippen LogP contribution is -2.47. The van der Waals surface area contributed by atoms with Crippen molar-refractivity contribution in [2.24, 2.45) is 5.92 Å². The molecule has 0 spiro atoms. The number of hydrogen-bond donors (Lipinski definition) is 1. The maximum atomic E-state index is 12.6. The number of aromatic nitrogens is 2. The standard InChI is InChI=1S/C13H14ClF3N4O/c14-10-9(13(15,16)17)4-18-11(20-10)12(22)19-8-3-7-1-2-21(5-7)6-8/h4,7-8H,1-3,5-6H2,(H,19,22)/t7-,8-/m1/s1. The summed E-state index contributed by atoms with van der Waals surface area (Å²) in [5, 5.41) is 2.01. The lowest BCUT2D eigenvalue weighted by molar-refractivity contribution is -0.138. The van der Waals surface area contributed by atoms with Gasteiger partial charge < -0.3 is 10.2 Å². The van der Waals surface area contributed by atoms with Gasteiger partial charge in [-0.1, -0.05) is 11.6 Å². The Balaban J connectivity index is 1.69. The summed E-state index contributed by atoms with van der Waals surface area (Å²) in [4.78, 5) is 21.3. The van der Waals surface area contributed by atoms with Crippen molar-refractivity contribution in [3.8, 4) is 0 Å². The summed E-state index contributed by atoms with van der Waals surface area (Å²) >= 11 is 5.50. The SMILES string of the molecule is O=C(N[C@@H]1C[C@H]2CCN(C2)C1)c1ncc(C(F)(F)F)c(Cl)n1. The Labute approximate surface area is 129 Å². The van der Waals surface area contributed by atoms with Crippen LogP contribution in [-0.4, -0.2) is 46.5 Å². The Morgan fingerprint density at radius 3 is 2.82 bits per heavy atom. The van der Waals surface area contributed by atoms with Gasteiger partial charge in [0.05, 0.1) is 0 Å². The number of alkyl halides is 3. The van der Waals surface area contributed by atoms with Crippen LogP contribution < -0.4 is 5.32 Å². The number of fused-ring (bicyclic) bond motifs is 2. The number of carbonyl (C=O) groups excluding carboxylic acids is 1. The molecule has 5 nitrogen and oxygen atoms in total. The fourth-order valence-electron chi connectivity index (χ4n) is 3.07. The van der Waals surface area contributed by atoms with Crippen molar-refractivity contribution < 1.29 is 18.0 Å². The summed E-state index contributed by atoms with van der Waals surface area (Å²) in [7, 11) is 0. The van der Waals surface area contributed by atoms with Gasteiger partial charge in [-0.2, -0.15) is 13.2 Å². The average Bonchev–Trinajstić information content (AvgIpc) is 2.76. The predicted molar refractivity (Wildman–Crippen MR) is 72.5 cm³/mol. The van der Waals surface area contributed by atoms with Crippen LogP contribution in [0.4, 0.5) is 13.2 Å². The Morgan fingerprint density at radius 2 is 2.18 bits per heavy atom. The van der Waals surface area contributed by atoms with Crippen LogP contribution in [-0.2, 0) is 6.18 Å². The van der Waals surface area contributed by atoms with Crippen LogP contribution in [0, 0.1) is 5.92 Å². The van der Waals surface area contributed by atoms with Crippen molar-refractivity contribution in [3.63, 3.8) is 0 Å². The summed E-state index contributed by atoms with van der Waals surface area (Å²) in [6.45, 7) is 2.82. The molecule has 0 aliphatic carbocycles. The van der Waals surface area contributed by atoms with Crippen molar-refractivity contribution in [1.82, 2.24) is 20.2 Å². The van der Waals surface area contributed by atoms with E-state index in [9.17, 15) is 18.0 Å². The molecule has 1 aromatic heterocycles. The van der Waals surface area contributed by atoms with Crippen molar-refractivity contribution in [2.75, 3.05) is 19.6 Å². The van der Waals surface area contributed by atoms with Crippen LogP contribution in [0.15, 0.2) is 6.20 Å². The molecular formula is C13H14ClF3N4O. The molecule has 9 heteroatoms. The van der Waals surface area contributed by atoms with E-state index < -0.39 is 22.8 Å². The van der Waals surface area contributed by atoms with Crippen LogP contribution in [0.5, 0.6) is 0 Å². The third kappa shape index (κ3) is 3.17. The van der Waals surface area contributed by atoms with E-state index >= 15 is 0 Å². The predicted octanol–water partition coefficient (Wildman–Crippen LogP) is 1.97. The zero-order valence-corrected chi connectivity index (χ0v) is 12.3. The normalized spacial score (nSPS) is 27.7. The molecule has 0 radical (unpaired) electrons. The van der Waals surface area contributed by atoms with E-state index in [-0.39, 0.29) is 11.9 Å². The monoisotopic (exact) mass is 334 g/mol. The van der Waals surface area contributed by atoms with Crippen LogP contribution in [0.25, 0.3) is 0 Å². The van der Waals surface area contributed by atoms with E-state index in [2.05, 4.69) is 20.2 Å². The van der Waals surface area contributed by atoms with E-state index in [0.717, 1.165) is 32.5 Å². The first-order chi connectivity index (χ1) is 10.3. The highest BCUT2D eigenvalue weighted by Crippen LogP contribution is 2.33. The summed E-state index contributed by atoms with van der Waals surface area (Å²) in [6, 6.07) is -0.0292. The average molecular weight is 335 g/mol. The molecule has 0 aromatic carbocycles. The van der Waals surface area contributed by atoms with E-state index in [4.69, 9.17) is 11.6 Å². The Hall–Kier alpha value is -1.41. The largest absolute Gasteiger partial charge is 0.420 e. The van der Waals surface area contributed by atoms with Gasteiger partial charge >= 0.3 is 6.18 Å². The first-order valence-electron chi connectivity index (χ1n) is 6.96. The van der Waals surface area contributed by atoms with E-state index in [1.54, 1.807) is 0 Å². The molecule has 22 heavy (non-hydrogen) atoms. The number of rotatable bonds is 2. The van der Waals surface area contributed by atoms with E-state index in [1.165, 1.54) is 0 Å². The van der Waals surface area contributed by atoms with E-state index in [1.807, 2.05) is 0 Å². The molecule has 2 bridgehead atoms. The van der Waals surface area contributed by atoms with Crippen molar-refractivity contribution in [2.45, 2.75) is 25.1 Å².